The monoisotopic (exact) mass is 395 g/mol. The van der Waals surface area contributed by atoms with Gasteiger partial charge in [0.1, 0.15) is 5.82 Å². The van der Waals surface area contributed by atoms with Crippen molar-refractivity contribution in [3.8, 4) is 0 Å². The first-order valence-corrected chi connectivity index (χ1v) is 8.72. The molecular weight excluding hydrogens is 378 g/mol. The zero-order valence-electron chi connectivity index (χ0n) is 13.8. The number of benzene rings is 2. The minimum Gasteiger partial charge on any atom is -0.366 e. The van der Waals surface area contributed by atoms with E-state index >= 15 is 0 Å². The Balaban J connectivity index is 1.60. The van der Waals surface area contributed by atoms with E-state index in [-0.39, 0.29) is 5.91 Å². The number of hydrogen-bond donors (Lipinski definition) is 2. The van der Waals surface area contributed by atoms with Crippen LogP contribution in [0.3, 0.4) is 0 Å². The Hall–Kier alpha value is -2.66. The van der Waals surface area contributed by atoms with Crippen molar-refractivity contribution in [2.24, 2.45) is 0 Å². The van der Waals surface area contributed by atoms with Gasteiger partial charge in [0.05, 0.1) is 5.56 Å². The van der Waals surface area contributed by atoms with Crippen molar-refractivity contribution in [1.82, 2.24) is 4.98 Å². The van der Waals surface area contributed by atoms with Gasteiger partial charge in [-0.05, 0) is 54.4 Å². The highest BCUT2D eigenvalue weighted by Crippen LogP contribution is 2.16. The number of rotatable bonds is 5. The third-order valence-electron chi connectivity index (χ3n) is 3.85. The number of carbonyl (C=O) groups excluding carboxylic acids is 1. The molecule has 5 heteroatoms. The summed E-state index contributed by atoms with van der Waals surface area (Å²) in [6, 6.07) is 19.2. The van der Waals surface area contributed by atoms with Crippen LogP contribution in [-0.2, 0) is 6.54 Å². The van der Waals surface area contributed by atoms with Crippen molar-refractivity contribution in [1.29, 1.82) is 0 Å². The molecule has 0 aliphatic carbocycles. The van der Waals surface area contributed by atoms with E-state index in [0.717, 1.165) is 16.0 Å². The highest BCUT2D eigenvalue weighted by Gasteiger charge is 2.07. The minimum absolute atomic E-state index is 0.180. The molecule has 0 saturated carbocycles. The molecule has 0 unspecified atom stereocenters. The van der Waals surface area contributed by atoms with Crippen LogP contribution in [0, 0.1) is 6.92 Å². The molecule has 0 bridgehead atoms. The standard InChI is InChI=1S/C20H18BrN3O/c1-14-4-2-3-5-15(14)12-22-19-11-6-16(13-23-19)20(25)24-18-9-7-17(21)8-10-18/h2-11,13H,12H2,1H3,(H,22,23)(H,24,25). The van der Waals surface area contributed by atoms with Crippen molar-refractivity contribution in [2.45, 2.75) is 13.5 Å². The summed E-state index contributed by atoms with van der Waals surface area (Å²) >= 11 is 3.37. The Morgan fingerprint density at radius 1 is 1.04 bits per heavy atom. The first-order valence-electron chi connectivity index (χ1n) is 7.93. The van der Waals surface area contributed by atoms with E-state index in [2.05, 4.69) is 50.6 Å². The lowest BCUT2D eigenvalue weighted by Crippen LogP contribution is -2.12. The molecule has 3 aromatic rings. The second kappa shape index (κ2) is 7.94. The molecule has 2 N–H and O–H groups in total. The minimum atomic E-state index is -0.180. The van der Waals surface area contributed by atoms with Gasteiger partial charge in [0, 0.05) is 22.9 Å². The average Bonchev–Trinajstić information content (AvgIpc) is 2.63. The normalized spacial score (nSPS) is 10.3. The number of aryl methyl sites for hydroxylation is 1. The lowest BCUT2D eigenvalue weighted by atomic mass is 10.1. The lowest BCUT2D eigenvalue weighted by Gasteiger charge is -2.09. The van der Waals surface area contributed by atoms with E-state index in [9.17, 15) is 4.79 Å². The molecule has 2 aromatic carbocycles. The van der Waals surface area contributed by atoms with Gasteiger partial charge in [-0.2, -0.15) is 0 Å². The molecule has 0 spiro atoms. The largest absolute Gasteiger partial charge is 0.366 e. The Labute approximate surface area is 155 Å². The van der Waals surface area contributed by atoms with Crippen molar-refractivity contribution in [2.75, 3.05) is 10.6 Å². The third kappa shape index (κ3) is 4.67. The highest BCUT2D eigenvalue weighted by molar-refractivity contribution is 9.10. The van der Waals surface area contributed by atoms with E-state index in [1.54, 1.807) is 12.3 Å². The first kappa shape index (κ1) is 17.2. The van der Waals surface area contributed by atoms with Gasteiger partial charge in [0.2, 0.25) is 0 Å². The summed E-state index contributed by atoms with van der Waals surface area (Å²) in [5.74, 6) is 0.559. The van der Waals surface area contributed by atoms with Crippen molar-refractivity contribution in [3.05, 3.63) is 88.0 Å². The number of halogens is 1. The first-order chi connectivity index (χ1) is 12.1. The van der Waals surface area contributed by atoms with Crippen LogP contribution in [0.15, 0.2) is 71.3 Å². The number of aromatic nitrogens is 1. The molecule has 0 aliphatic heterocycles. The van der Waals surface area contributed by atoms with Gasteiger partial charge in [0.25, 0.3) is 5.91 Å². The summed E-state index contributed by atoms with van der Waals surface area (Å²) in [7, 11) is 0. The second-order valence-electron chi connectivity index (χ2n) is 5.67. The van der Waals surface area contributed by atoms with Crippen LogP contribution in [0.4, 0.5) is 11.5 Å². The molecule has 0 fully saturated rings. The van der Waals surface area contributed by atoms with Crippen LogP contribution in [0.5, 0.6) is 0 Å². The molecule has 1 heterocycles. The molecule has 0 saturated heterocycles. The van der Waals surface area contributed by atoms with E-state index in [0.29, 0.717) is 12.1 Å². The zero-order valence-corrected chi connectivity index (χ0v) is 15.4. The SMILES string of the molecule is Cc1ccccc1CNc1ccc(C(=O)Nc2ccc(Br)cc2)cn1. The summed E-state index contributed by atoms with van der Waals surface area (Å²) in [4.78, 5) is 16.6. The number of carbonyl (C=O) groups is 1. The smallest absolute Gasteiger partial charge is 0.257 e. The molecule has 1 amide bonds. The van der Waals surface area contributed by atoms with E-state index in [1.807, 2.05) is 42.5 Å². The maximum atomic E-state index is 12.3. The average molecular weight is 396 g/mol. The predicted molar refractivity (Wildman–Crippen MR) is 105 cm³/mol. The van der Waals surface area contributed by atoms with Crippen molar-refractivity contribution < 1.29 is 4.79 Å². The molecule has 1 aromatic heterocycles. The molecule has 0 aliphatic rings. The number of hydrogen-bond acceptors (Lipinski definition) is 3. The molecule has 126 valence electrons. The number of anilines is 2. The van der Waals surface area contributed by atoms with Gasteiger partial charge in [-0.25, -0.2) is 4.98 Å². The zero-order chi connectivity index (χ0) is 17.6. The van der Waals surface area contributed by atoms with Crippen LogP contribution >= 0.6 is 15.9 Å². The Morgan fingerprint density at radius 3 is 2.48 bits per heavy atom. The Morgan fingerprint density at radius 2 is 1.80 bits per heavy atom. The van der Waals surface area contributed by atoms with Crippen molar-refractivity contribution >= 4 is 33.3 Å². The summed E-state index contributed by atoms with van der Waals surface area (Å²) in [5, 5.41) is 6.13. The Kier molecular flexibility index (Phi) is 5.46. The lowest BCUT2D eigenvalue weighted by molar-refractivity contribution is 0.102. The van der Waals surface area contributed by atoms with Gasteiger partial charge in [-0.1, -0.05) is 40.2 Å². The molecule has 4 nitrogen and oxygen atoms in total. The van der Waals surface area contributed by atoms with E-state index < -0.39 is 0 Å². The quantitative estimate of drug-likeness (QED) is 0.637. The van der Waals surface area contributed by atoms with Gasteiger partial charge < -0.3 is 10.6 Å². The van der Waals surface area contributed by atoms with Crippen LogP contribution in [-0.4, -0.2) is 10.9 Å². The Bertz CT molecular complexity index is 861. The fourth-order valence-corrected chi connectivity index (χ4v) is 2.63. The number of nitrogens with one attached hydrogen (secondary N) is 2. The molecule has 3 rings (SSSR count). The molecule has 0 atom stereocenters. The van der Waals surface area contributed by atoms with Gasteiger partial charge in [0.15, 0.2) is 0 Å². The summed E-state index contributed by atoms with van der Waals surface area (Å²) in [6.07, 6.45) is 1.58. The summed E-state index contributed by atoms with van der Waals surface area (Å²) in [6.45, 7) is 2.78. The molecule has 0 radical (unpaired) electrons. The van der Waals surface area contributed by atoms with Gasteiger partial charge >= 0.3 is 0 Å². The van der Waals surface area contributed by atoms with Crippen LogP contribution < -0.4 is 10.6 Å². The second-order valence-corrected chi connectivity index (χ2v) is 6.59. The van der Waals surface area contributed by atoms with Crippen LogP contribution in [0.1, 0.15) is 21.5 Å². The third-order valence-corrected chi connectivity index (χ3v) is 4.38. The summed E-state index contributed by atoms with van der Waals surface area (Å²) in [5.41, 5.74) is 3.72. The number of pyridine rings is 1. The number of nitrogens with zero attached hydrogens (tertiary/aromatic N) is 1. The van der Waals surface area contributed by atoms with E-state index in [4.69, 9.17) is 0 Å². The fraction of sp³-hybridized carbons (Fsp3) is 0.100. The van der Waals surface area contributed by atoms with Crippen molar-refractivity contribution in [3.63, 3.8) is 0 Å². The maximum Gasteiger partial charge on any atom is 0.257 e. The maximum absolute atomic E-state index is 12.3. The predicted octanol–water partition coefficient (Wildman–Crippen LogP) is 5.02. The molecular formula is C20H18BrN3O. The molecule has 25 heavy (non-hydrogen) atoms. The van der Waals surface area contributed by atoms with E-state index in [1.165, 1.54) is 11.1 Å². The summed E-state index contributed by atoms with van der Waals surface area (Å²) < 4.78 is 0.969. The highest BCUT2D eigenvalue weighted by atomic mass is 79.9. The number of amides is 1. The van der Waals surface area contributed by atoms with Crippen LogP contribution in [0.2, 0.25) is 0 Å². The van der Waals surface area contributed by atoms with Gasteiger partial charge in [-0.15, -0.1) is 0 Å². The fourth-order valence-electron chi connectivity index (χ4n) is 2.36. The topological polar surface area (TPSA) is 54.0 Å². The van der Waals surface area contributed by atoms with Gasteiger partial charge in [-0.3, -0.25) is 4.79 Å². The van der Waals surface area contributed by atoms with Crippen LogP contribution in [0.25, 0.3) is 0 Å².